The van der Waals surface area contributed by atoms with Gasteiger partial charge in [-0.2, -0.15) is 0 Å². The molecule has 2 aromatic rings. The summed E-state index contributed by atoms with van der Waals surface area (Å²) >= 11 is 12.0. The molecular weight excluding hydrogens is 369 g/mol. The maximum absolute atomic E-state index is 12.2. The number of rotatable bonds is 5. The highest BCUT2D eigenvalue weighted by Crippen LogP contribution is 2.37. The lowest BCUT2D eigenvalue weighted by molar-refractivity contribution is -0.118. The first-order chi connectivity index (χ1) is 12.0. The Hall–Kier alpha value is -2.44. The van der Waals surface area contributed by atoms with Crippen molar-refractivity contribution < 1.29 is 23.8 Å². The Labute approximate surface area is 153 Å². The van der Waals surface area contributed by atoms with E-state index in [1.165, 1.54) is 13.0 Å². The van der Waals surface area contributed by atoms with Crippen LogP contribution in [0, 0.1) is 0 Å². The highest BCUT2D eigenvalue weighted by atomic mass is 35.5. The van der Waals surface area contributed by atoms with Gasteiger partial charge >= 0.3 is 0 Å². The number of ether oxygens (including phenoxy) is 3. The smallest absolute Gasteiger partial charge is 0.262 e. The summed E-state index contributed by atoms with van der Waals surface area (Å²) in [6.45, 7) is 1.14. The molecule has 6 nitrogen and oxygen atoms in total. The first-order valence-corrected chi connectivity index (χ1v) is 8.02. The van der Waals surface area contributed by atoms with Gasteiger partial charge in [-0.3, -0.25) is 9.59 Å². The number of amides is 1. The predicted molar refractivity (Wildman–Crippen MR) is 93.2 cm³/mol. The van der Waals surface area contributed by atoms with Crippen molar-refractivity contribution >= 4 is 40.6 Å². The van der Waals surface area contributed by atoms with Gasteiger partial charge in [-0.15, -0.1) is 0 Å². The molecule has 0 bridgehead atoms. The lowest BCUT2D eigenvalue weighted by Gasteiger charge is -2.12. The van der Waals surface area contributed by atoms with Crippen LogP contribution in [-0.2, 0) is 4.79 Å². The van der Waals surface area contributed by atoms with Crippen LogP contribution in [0.25, 0.3) is 0 Å². The lowest BCUT2D eigenvalue weighted by atomic mass is 10.1. The van der Waals surface area contributed by atoms with Crippen LogP contribution in [0.2, 0.25) is 10.0 Å². The van der Waals surface area contributed by atoms with Gasteiger partial charge < -0.3 is 19.5 Å². The molecule has 1 N–H and O–H groups in total. The molecule has 8 heteroatoms. The monoisotopic (exact) mass is 381 g/mol. The van der Waals surface area contributed by atoms with Crippen LogP contribution in [-0.4, -0.2) is 25.1 Å². The van der Waals surface area contributed by atoms with Crippen molar-refractivity contribution in [2.45, 2.75) is 6.92 Å². The molecule has 130 valence electrons. The Bertz CT molecular complexity index is 833. The molecule has 1 heterocycles. The Morgan fingerprint density at radius 3 is 2.44 bits per heavy atom. The molecule has 0 saturated heterocycles. The summed E-state index contributed by atoms with van der Waals surface area (Å²) in [6.07, 6.45) is 0. The largest absolute Gasteiger partial charge is 0.481 e. The number of nitrogens with one attached hydrogen (secondary N) is 1. The highest BCUT2D eigenvalue weighted by molar-refractivity contribution is 6.37. The van der Waals surface area contributed by atoms with E-state index in [0.29, 0.717) is 32.8 Å². The molecule has 2 aromatic carbocycles. The minimum absolute atomic E-state index is 0.0677. The summed E-state index contributed by atoms with van der Waals surface area (Å²) in [6, 6.07) is 7.95. The number of hydrogen-bond donors (Lipinski definition) is 1. The molecule has 1 aliphatic heterocycles. The fraction of sp³-hybridized carbons (Fsp3) is 0.176. The van der Waals surface area contributed by atoms with Crippen molar-refractivity contribution in [2.75, 3.05) is 18.7 Å². The number of ketones is 1. The van der Waals surface area contributed by atoms with E-state index in [0.717, 1.165) is 0 Å². The second-order valence-electron chi connectivity index (χ2n) is 5.19. The van der Waals surface area contributed by atoms with Crippen LogP contribution < -0.4 is 19.5 Å². The number of carbonyl (C=O) groups is 2. The van der Waals surface area contributed by atoms with Crippen molar-refractivity contribution in [1.82, 2.24) is 0 Å². The van der Waals surface area contributed by atoms with Gasteiger partial charge in [0, 0.05) is 11.6 Å². The molecule has 0 spiro atoms. The summed E-state index contributed by atoms with van der Waals surface area (Å²) in [5, 5.41) is 3.22. The van der Waals surface area contributed by atoms with Gasteiger partial charge in [0.2, 0.25) is 6.79 Å². The van der Waals surface area contributed by atoms with Crippen molar-refractivity contribution in [2.24, 2.45) is 0 Å². The van der Waals surface area contributed by atoms with E-state index < -0.39 is 5.91 Å². The van der Waals surface area contributed by atoms with Gasteiger partial charge in [0.25, 0.3) is 5.91 Å². The van der Waals surface area contributed by atoms with Crippen LogP contribution in [0.3, 0.4) is 0 Å². The van der Waals surface area contributed by atoms with Crippen molar-refractivity contribution in [3.63, 3.8) is 0 Å². The highest BCUT2D eigenvalue weighted by Gasteiger charge is 2.20. The molecule has 1 amide bonds. The molecular formula is C17H13Cl2NO5. The number of benzene rings is 2. The first kappa shape index (κ1) is 17.4. The number of halogens is 2. The van der Waals surface area contributed by atoms with Crippen LogP contribution >= 0.6 is 23.2 Å². The average molecular weight is 382 g/mol. The van der Waals surface area contributed by atoms with Crippen LogP contribution in [0.15, 0.2) is 30.3 Å². The fourth-order valence-corrected chi connectivity index (χ4v) is 2.79. The molecule has 0 fully saturated rings. The Morgan fingerprint density at radius 2 is 1.80 bits per heavy atom. The maximum Gasteiger partial charge on any atom is 0.262 e. The normalized spacial score (nSPS) is 12.0. The van der Waals surface area contributed by atoms with E-state index in [1.807, 2.05) is 0 Å². The van der Waals surface area contributed by atoms with E-state index >= 15 is 0 Å². The third-order valence-corrected chi connectivity index (χ3v) is 4.03. The molecule has 0 aromatic heterocycles. The Morgan fingerprint density at radius 1 is 1.16 bits per heavy atom. The minimum Gasteiger partial charge on any atom is -0.481 e. The number of para-hydroxylation sites is 1. The minimum atomic E-state index is -0.475. The fourth-order valence-electron chi connectivity index (χ4n) is 2.28. The molecule has 0 aliphatic carbocycles. The average Bonchev–Trinajstić information content (AvgIpc) is 3.00. The molecule has 0 atom stereocenters. The second-order valence-corrected chi connectivity index (χ2v) is 6.01. The summed E-state index contributed by atoms with van der Waals surface area (Å²) < 4.78 is 15.9. The van der Waals surface area contributed by atoms with Gasteiger partial charge in [0.15, 0.2) is 29.6 Å². The number of fused-ring (bicyclic) bond motifs is 1. The van der Waals surface area contributed by atoms with E-state index in [-0.39, 0.29) is 24.9 Å². The van der Waals surface area contributed by atoms with Gasteiger partial charge in [0.1, 0.15) is 0 Å². The van der Waals surface area contributed by atoms with Crippen LogP contribution in [0.4, 0.5) is 5.69 Å². The van der Waals surface area contributed by atoms with Gasteiger partial charge in [-0.1, -0.05) is 29.3 Å². The topological polar surface area (TPSA) is 73.9 Å². The van der Waals surface area contributed by atoms with Gasteiger partial charge in [-0.05, 0) is 25.1 Å². The lowest BCUT2D eigenvalue weighted by Crippen LogP contribution is -2.21. The summed E-state index contributed by atoms with van der Waals surface area (Å²) in [4.78, 5) is 24.0. The number of hydrogen-bond acceptors (Lipinski definition) is 5. The summed E-state index contributed by atoms with van der Waals surface area (Å²) in [5.41, 5.74) is 0.629. The Balaban J connectivity index is 1.74. The van der Waals surface area contributed by atoms with Gasteiger partial charge in [-0.25, -0.2) is 0 Å². The van der Waals surface area contributed by atoms with Crippen molar-refractivity contribution in [3.05, 3.63) is 45.9 Å². The molecule has 25 heavy (non-hydrogen) atoms. The van der Waals surface area contributed by atoms with Crippen molar-refractivity contribution in [1.29, 1.82) is 0 Å². The summed E-state index contributed by atoms with van der Waals surface area (Å²) in [7, 11) is 0. The quantitative estimate of drug-likeness (QED) is 0.793. The molecule has 1 aliphatic rings. The molecule has 3 rings (SSSR count). The number of anilines is 1. The zero-order valence-corrected chi connectivity index (χ0v) is 14.6. The third kappa shape index (κ3) is 3.81. The van der Waals surface area contributed by atoms with Crippen LogP contribution in [0.1, 0.15) is 17.3 Å². The van der Waals surface area contributed by atoms with Crippen LogP contribution in [0.5, 0.6) is 17.2 Å². The second kappa shape index (κ2) is 7.21. The summed E-state index contributed by atoms with van der Waals surface area (Å²) in [5.74, 6) is 0.442. The van der Waals surface area contributed by atoms with E-state index in [9.17, 15) is 9.59 Å². The van der Waals surface area contributed by atoms with Gasteiger partial charge in [0.05, 0.1) is 15.7 Å². The van der Waals surface area contributed by atoms with Crippen molar-refractivity contribution in [3.8, 4) is 17.2 Å². The van der Waals surface area contributed by atoms with E-state index in [1.54, 1.807) is 24.3 Å². The number of carbonyl (C=O) groups excluding carboxylic acids is 2. The molecule has 0 unspecified atom stereocenters. The standard InChI is InChI=1S/C17H13Cl2NO5/c1-9(21)10-5-14-15(25-8-24-14)6-13(10)20-16(22)7-23-17-11(18)3-2-4-12(17)19/h2-6H,7-8H2,1H3,(H,20,22). The SMILES string of the molecule is CC(=O)c1cc2c(cc1NC(=O)COc1c(Cl)cccc1Cl)OCO2. The maximum atomic E-state index is 12.2. The Kier molecular flexibility index (Phi) is 5.01. The number of Topliss-reactive ketones (excluding diaryl/α,β-unsaturated/α-hetero) is 1. The molecule has 0 radical (unpaired) electrons. The zero-order valence-electron chi connectivity index (χ0n) is 13.1. The van der Waals surface area contributed by atoms with E-state index in [2.05, 4.69) is 5.32 Å². The zero-order chi connectivity index (χ0) is 18.0. The van der Waals surface area contributed by atoms with E-state index in [4.69, 9.17) is 37.4 Å². The third-order valence-electron chi connectivity index (χ3n) is 3.43. The first-order valence-electron chi connectivity index (χ1n) is 7.27. The predicted octanol–water partition coefficient (Wildman–Crippen LogP) is 3.94. The molecule has 0 saturated carbocycles.